The van der Waals surface area contributed by atoms with Crippen LogP contribution in [0.25, 0.3) is 0 Å². The Morgan fingerprint density at radius 3 is 2.42 bits per heavy atom. The minimum Gasteiger partial charge on any atom is -0.491 e. The summed E-state index contributed by atoms with van der Waals surface area (Å²) in [6.07, 6.45) is 2.17. The van der Waals surface area contributed by atoms with Crippen molar-refractivity contribution in [2.75, 3.05) is 51.5 Å². The van der Waals surface area contributed by atoms with Crippen LogP contribution in [0.15, 0.2) is 24.3 Å². The molecule has 0 saturated carbocycles. The summed E-state index contributed by atoms with van der Waals surface area (Å²) in [6, 6.07) is 7.79. The number of guanidine groups is 1. The number of nitrogen functional groups attached to an aromatic ring is 2. The Hall–Kier alpha value is -3.15. The van der Waals surface area contributed by atoms with E-state index in [4.69, 9.17) is 48.4 Å². The van der Waals surface area contributed by atoms with Crippen LogP contribution < -0.4 is 21.9 Å². The molecule has 0 saturated heterocycles. The molecule has 2 aromatic rings. The fourth-order valence-electron chi connectivity index (χ4n) is 2.87. The van der Waals surface area contributed by atoms with Crippen LogP contribution in [-0.4, -0.2) is 66.8 Å². The number of nitrogens with two attached hydrogens (primary N) is 3. The monoisotopic (exact) mass is 479 g/mol. The highest BCUT2D eigenvalue weighted by atomic mass is 35.5. The molecule has 180 valence electrons. The lowest BCUT2D eigenvalue weighted by molar-refractivity contribution is 0.0544. The number of halogens is 1. The van der Waals surface area contributed by atoms with Gasteiger partial charge in [-0.05, 0) is 37.0 Å². The van der Waals surface area contributed by atoms with Crippen LogP contribution >= 0.6 is 11.6 Å². The predicted octanol–water partition coefficient (Wildman–Crippen LogP) is 1.69. The Kier molecular flexibility index (Phi) is 10.6. The first-order chi connectivity index (χ1) is 15.8. The normalized spacial score (nSPS) is 10.7. The van der Waals surface area contributed by atoms with Gasteiger partial charge in [-0.3, -0.25) is 15.1 Å². The van der Waals surface area contributed by atoms with E-state index in [0.717, 1.165) is 29.1 Å². The van der Waals surface area contributed by atoms with Crippen LogP contribution in [0.5, 0.6) is 5.75 Å². The second-order valence-electron chi connectivity index (χ2n) is 7.03. The van der Waals surface area contributed by atoms with Gasteiger partial charge in [0.1, 0.15) is 12.4 Å². The van der Waals surface area contributed by atoms with Gasteiger partial charge < -0.3 is 31.4 Å². The molecule has 0 aliphatic heterocycles. The van der Waals surface area contributed by atoms with Crippen LogP contribution in [0.2, 0.25) is 5.15 Å². The number of methoxy groups -OCH3 is 1. The van der Waals surface area contributed by atoms with E-state index in [1.54, 1.807) is 7.11 Å². The van der Waals surface area contributed by atoms with Crippen molar-refractivity contribution < 1.29 is 19.0 Å². The molecule has 0 spiro atoms. The molecule has 1 heterocycles. The van der Waals surface area contributed by atoms with E-state index in [1.165, 1.54) is 0 Å². The molecule has 33 heavy (non-hydrogen) atoms. The number of nitrogens with zero attached hydrogens (tertiary/aromatic N) is 3. The maximum Gasteiger partial charge on any atom is 0.283 e. The van der Waals surface area contributed by atoms with E-state index in [9.17, 15) is 4.79 Å². The zero-order valence-corrected chi connectivity index (χ0v) is 19.3. The highest BCUT2D eigenvalue weighted by molar-refractivity contribution is 6.31. The Labute approximate surface area is 197 Å². The third kappa shape index (κ3) is 8.37. The van der Waals surface area contributed by atoms with Gasteiger partial charge >= 0.3 is 0 Å². The molecular weight excluding hydrogens is 450 g/mol. The van der Waals surface area contributed by atoms with Gasteiger partial charge in [-0.15, -0.1) is 0 Å². The number of benzene rings is 1. The Morgan fingerprint density at radius 2 is 1.76 bits per heavy atom. The molecule has 0 atom stereocenters. The SMILES string of the molecule is COCCOCCOc1ccc(CCCCN(C(=N)N)C(=O)c2nc(Cl)c(N)nc2N)cc1. The average molecular weight is 480 g/mol. The lowest BCUT2D eigenvalue weighted by atomic mass is 10.1. The topological polar surface area (TPSA) is 176 Å². The molecule has 0 aliphatic carbocycles. The lowest BCUT2D eigenvalue weighted by Crippen LogP contribution is -2.42. The van der Waals surface area contributed by atoms with Crippen molar-refractivity contribution in [2.45, 2.75) is 19.3 Å². The zero-order valence-electron chi connectivity index (χ0n) is 18.6. The molecule has 1 aromatic heterocycles. The molecule has 12 heteroatoms. The van der Waals surface area contributed by atoms with Crippen LogP contribution in [-0.2, 0) is 15.9 Å². The molecule has 7 N–H and O–H groups in total. The summed E-state index contributed by atoms with van der Waals surface area (Å²) >= 11 is 5.84. The summed E-state index contributed by atoms with van der Waals surface area (Å²) in [5, 5.41) is 7.59. The van der Waals surface area contributed by atoms with Gasteiger partial charge in [0, 0.05) is 13.7 Å². The number of hydrogen-bond acceptors (Lipinski definition) is 9. The number of nitrogens with one attached hydrogen (secondary N) is 1. The highest BCUT2D eigenvalue weighted by Gasteiger charge is 2.23. The van der Waals surface area contributed by atoms with Gasteiger partial charge in [0.25, 0.3) is 5.91 Å². The van der Waals surface area contributed by atoms with E-state index in [0.29, 0.717) is 32.8 Å². The molecule has 11 nitrogen and oxygen atoms in total. The number of carbonyl (C=O) groups excluding carboxylic acids is 1. The third-order valence-electron chi connectivity index (χ3n) is 4.59. The molecular formula is C21H30ClN7O4. The summed E-state index contributed by atoms with van der Waals surface area (Å²) in [4.78, 5) is 21.5. The minimum absolute atomic E-state index is 0.0769. The van der Waals surface area contributed by atoms with Gasteiger partial charge in [0.2, 0.25) is 0 Å². The maximum absolute atomic E-state index is 12.7. The van der Waals surface area contributed by atoms with Gasteiger partial charge in [-0.1, -0.05) is 23.7 Å². The zero-order chi connectivity index (χ0) is 24.2. The number of unbranched alkanes of at least 4 members (excludes halogenated alkanes) is 1. The molecule has 0 aliphatic rings. The van der Waals surface area contributed by atoms with E-state index in [1.807, 2.05) is 24.3 Å². The first-order valence-electron chi connectivity index (χ1n) is 10.4. The Bertz CT molecular complexity index is 928. The van der Waals surface area contributed by atoms with Crippen molar-refractivity contribution in [1.29, 1.82) is 5.41 Å². The van der Waals surface area contributed by atoms with Gasteiger partial charge in [-0.25, -0.2) is 9.97 Å². The predicted molar refractivity (Wildman–Crippen MR) is 126 cm³/mol. The Balaban J connectivity index is 1.79. The standard InChI is InChI=1S/C21H30ClN7O4/c1-31-10-11-32-12-13-33-15-7-5-14(6-8-15)4-2-3-9-29(21(25)26)20(30)16-18(23)28-19(24)17(22)27-16/h5-8H,2-4,9-13H2,1H3,(H3,25,26)(H4,23,24,28). The number of anilines is 2. The van der Waals surface area contributed by atoms with Gasteiger partial charge in [0.05, 0.1) is 19.8 Å². The average Bonchev–Trinajstić information content (AvgIpc) is 2.79. The second kappa shape index (κ2) is 13.4. The van der Waals surface area contributed by atoms with E-state index in [-0.39, 0.29) is 29.0 Å². The molecule has 0 fully saturated rings. The summed E-state index contributed by atoms with van der Waals surface area (Å²) in [6.45, 7) is 2.29. The van der Waals surface area contributed by atoms with Crippen molar-refractivity contribution in [3.8, 4) is 5.75 Å². The molecule has 0 unspecified atom stereocenters. The third-order valence-corrected chi connectivity index (χ3v) is 4.87. The minimum atomic E-state index is -0.651. The fraction of sp³-hybridized carbons (Fsp3) is 0.429. The summed E-state index contributed by atoms with van der Waals surface area (Å²) < 4.78 is 15.9. The Morgan fingerprint density at radius 1 is 1.06 bits per heavy atom. The number of rotatable bonds is 13. The smallest absolute Gasteiger partial charge is 0.283 e. The molecule has 1 amide bonds. The second-order valence-corrected chi connectivity index (χ2v) is 7.39. The highest BCUT2D eigenvalue weighted by Crippen LogP contribution is 2.19. The van der Waals surface area contributed by atoms with E-state index in [2.05, 4.69) is 9.97 Å². The molecule has 0 bridgehead atoms. The number of aromatic nitrogens is 2. The largest absolute Gasteiger partial charge is 0.491 e. The first kappa shape index (κ1) is 26.1. The first-order valence-corrected chi connectivity index (χ1v) is 10.7. The van der Waals surface area contributed by atoms with Crippen molar-refractivity contribution in [1.82, 2.24) is 14.9 Å². The van der Waals surface area contributed by atoms with Crippen molar-refractivity contribution in [3.05, 3.63) is 40.7 Å². The number of aryl methyl sites for hydroxylation is 1. The molecule has 0 radical (unpaired) electrons. The van der Waals surface area contributed by atoms with Crippen molar-refractivity contribution in [3.63, 3.8) is 0 Å². The van der Waals surface area contributed by atoms with E-state index < -0.39 is 11.9 Å². The van der Waals surface area contributed by atoms with E-state index >= 15 is 0 Å². The van der Waals surface area contributed by atoms with Crippen molar-refractivity contribution >= 4 is 35.1 Å². The number of carbonyl (C=O) groups is 1. The van der Waals surface area contributed by atoms with Crippen LogP contribution in [0.1, 0.15) is 28.9 Å². The fourth-order valence-corrected chi connectivity index (χ4v) is 3.00. The van der Waals surface area contributed by atoms with Crippen LogP contribution in [0.4, 0.5) is 11.6 Å². The van der Waals surface area contributed by atoms with Gasteiger partial charge in [-0.2, -0.15) is 0 Å². The van der Waals surface area contributed by atoms with Crippen molar-refractivity contribution in [2.24, 2.45) is 5.73 Å². The number of hydrogen-bond donors (Lipinski definition) is 4. The maximum atomic E-state index is 12.7. The summed E-state index contributed by atoms with van der Waals surface area (Å²) in [5.41, 5.74) is 17.8. The quantitative estimate of drug-likeness (QED) is 0.189. The van der Waals surface area contributed by atoms with Crippen LogP contribution in [0.3, 0.4) is 0 Å². The summed E-state index contributed by atoms with van der Waals surface area (Å²) in [7, 11) is 1.63. The molecule has 1 aromatic carbocycles. The lowest BCUT2D eigenvalue weighted by Gasteiger charge is -2.20. The van der Waals surface area contributed by atoms with Crippen LogP contribution in [0, 0.1) is 5.41 Å². The number of amides is 1. The van der Waals surface area contributed by atoms with Gasteiger partial charge in [0.15, 0.2) is 28.4 Å². The molecule has 2 rings (SSSR count). The summed E-state index contributed by atoms with van der Waals surface area (Å²) in [5.74, 6) is -0.545. The number of ether oxygens (including phenoxy) is 3.